The smallest absolute Gasteiger partial charge is 0.353 e. The molecule has 29 heavy (non-hydrogen) atoms. The molecule has 0 unspecified atom stereocenters. The van der Waals surface area contributed by atoms with Crippen molar-refractivity contribution in [1.82, 2.24) is 19.5 Å². The van der Waals surface area contributed by atoms with E-state index in [1.165, 1.54) is 6.33 Å². The van der Waals surface area contributed by atoms with Gasteiger partial charge in [0.05, 0.1) is 11.3 Å². The minimum absolute atomic E-state index is 0.153. The predicted octanol–water partition coefficient (Wildman–Crippen LogP) is 2.42. The topological polar surface area (TPSA) is 129 Å². The van der Waals surface area contributed by atoms with Gasteiger partial charge in [-0.1, -0.05) is 6.07 Å². The molecule has 0 fully saturated rings. The van der Waals surface area contributed by atoms with E-state index in [0.29, 0.717) is 24.6 Å². The van der Waals surface area contributed by atoms with Crippen LogP contribution in [0.3, 0.4) is 0 Å². The van der Waals surface area contributed by atoms with Gasteiger partial charge in [0.2, 0.25) is 18.4 Å². The first kappa shape index (κ1) is 18.5. The van der Waals surface area contributed by atoms with E-state index in [1.807, 2.05) is 22.9 Å². The van der Waals surface area contributed by atoms with Crippen molar-refractivity contribution >= 4 is 17.3 Å². The van der Waals surface area contributed by atoms with Crippen LogP contribution in [-0.4, -0.2) is 37.8 Å². The van der Waals surface area contributed by atoms with Gasteiger partial charge >= 0.3 is 5.69 Å². The Morgan fingerprint density at radius 3 is 2.79 bits per heavy atom. The molecule has 3 heterocycles. The summed E-state index contributed by atoms with van der Waals surface area (Å²) in [4.78, 5) is 23.2. The quantitative estimate of drug-likeness (QED) is 0.318. The van der Waals surface area contributed by atoms with Crippen LogP contribution in [-0.2, 0) is 13.1 Å². The van der Waals surface area contributed by atoms with Crippen LogP contribution >= 0.6 is 0 Å². The molecule has 11 heteroatoms. The summed E-state index contributed by atoms with van der Waals surface area (Å²) >= 11 is 0. The average Bonchev–Trinajstić information content (AvgIpc) is 3.40. The van der Waals surface area contributed by atoms with Crippen molar-refractivity contribution < 1.29 is 14.4 Å². The van der Waals surface area contributed by atoms with Gasteiger partial charge < -0.3 is 24.7 Å². The van der Waals surface area contributed by atoms with Gasteiger partial charge in [-0.05, 0) is 24.1 Å². The van der Waals surface area contributed by atoms with Gasteiger partial charge in [-0.3, -0.25) is 10.1 Å². The van der Waals surface area contributed by atoms with Crippen LogP contribution in [0, 0.1) is 10.1 Å². The molecule has 0 atom stereocenters. The molecule has 0 aliphatic carbocycles. The number of hydrogen-bond acceptors (Lipinski definition) is 9. The number of aryl methyl sites for hydroxylation is 1. The maximum atomic E-state index is 11.6. The number of benzene rings is 1. The lowest BCUT2D eigenvalue weighted by molar-refractivity contribution is -0.383. The van der Waals surface area contributed by atoms with Gasteiger partial charge in [-0.2, -0.15) is 0 Å². The number of nitro groups is 1. The van der Waals surface area contributed by atoms with Crippen molar-refractivity contribution in [2.75, 3.05) is 24.0 Å². The van der Waals surface area contributed by atoms with Gasteiger partial charge in [0.15, 0.2) is 11.5 Å². The van der Waals surface area contributed by atoms with Crippen LogP contribution in [0.2, 0.25) is 0 Å². The highest BCUT2D eigenvalue weighted by Crippen LogP contribution is 2.33. The third-order valence-corrected chi connectivity index (χ3v) is 4.35. The number of ether oxygens (including phenoxy) is 2. The standard InChI is InChI=1S/C18H19N7O4/c26-25(27)16-17(20-4-1-6-24-7-5-19-11-24)22-10-23-18(16)21-9-13-2-3-14-15(8-13)29-12-28-14/h2-3,5,7-8,10-11H,1,4,6,9,12H2,(H2,20,21,22,23). The minimum Gasteiger partial charge on any atom is -0.454 e. The number of fused-ring (bicyclic) bond motifs is 1. The Bertz CT molecular complexity index is 994. The number of hydrogen-bond donors (Lipinski definition) is 2. The molecule has 0 radical (unpaired) electrons. The van der Waals surface area contributed by atoms with E-state index in [1.54, 1.807) is 18.6 Å². The third kappa shape index (κ3) is 4.34. The van der Waals surface area contributed by atoms with E-state index in [2.05, 4.69) is 25.6 Å². The normalized spacial score (nSPS) is 12.0. The van der Waals surface area contributed by atoms with E-state index in [0.717, 1.165) is 18.5 Å². The second kappa shape index (κ2) is 8.42. The SMILES string of the molecule is O=[N+]([O-])c1c(NCCCn2ccnc2)ncnc1NCc1ccc2c(c1)OCO2. The highest BCUT2D eigenvalue weighted by atomic mass is 16.7. The van der Waals surface area contributed by atoms with Gasteiger partial charge in [0.25, 0.3) is 0 Å². The molecule has 4 rings (SSSR count). The first-order chi connectivity index (χ1) is 14.2. The number of anilines is 2. The summed E-state index contributed by atoms with van der Waals surface area (Å²) in [6.45, 7) is 1.81. The molecule has 1 aromatic carbocycles. The monoisotopic (exact) mass is 397 g/mol. The second-order valence-electron chi connectivity index (χ2n) is 6.30. The van der Waals surface area contributed by atoms with Gasteiger partial charge in [-0.25, -0.2) is 15.0 Å². The summed E-state index contributed by atoms with van der Waals surface area (Å²) in [5.41, 5.74) is 0.702. The van der Waals surface area contributed by atoms with Crippen LogP contribution < -0.4 is 20.1 Å². The summed E-state index contributed by atoms with van der Waals surface area (Å²) in [6, 6.07) is 5.50. The van der Waals surface area contributed by atoms with Crippen molar-refractivity contribution in [3.05, 3.63) is 58.9 Å². The molecule has 0 saturated carbocycles. The lowest BCUT2D eigenvalue weighted by Crippen LogP contribution is -2.12. The number of rotatable bonds is 9. The zero-order valence-electron chi connectivity index (χ0n) is 15.4. The Hall–Kier alpha value is -3.89. The maximum absolute atomic E-state index is 11.6. The lowest BCUT2D eigenvalue weighted by Gasteiger charge is -2.10. The predicted molar refractivity (Wildman–Crippen MR) is 104 cm³/mol. The minimum atomic E-state index is -0.486. The summed E-state index contributed by atoms with van der Waals surface area (Å²) in [5, 5.41) is 17.7. The molecule has 3 aromatic rings. The molecule has 1 aliphatic rings. The Kier molecular flexibility index (Phi) is 5.36. The molecule has 0 spiro atoms. The van der Waals surface area contributed by atoms with Crippen molar-refractivity contribution in [1.29, 1.82) is 0 Å². The first-order valence-corrected chi connectivity index (χ1v) is 9.02. The number of aromatic nitrogens is 4. The van der Waals surface area contributed by atoms with E-state index in [-0.39, 0.29) is 24.1 Å². The molecular formula is C18H19N7O4. The Balaban J connectivity index is 1.41. The zero-order chi connectivity index (χ0) is 20.1. The fourth-order valence-electron chi connectivity index (χ4n) is 2.93. The lowest BCUT2D eigenvalue weighted by atomic mass is 10.2. The van der Waals surface area contributed by atoms with Crippen LogP contribution in [0.1, 0.15) is 12.0 Å². The van der Waals surface area contributed by atoms with Crippen LogP contribution in [0.25, 0.3) is 0 Å². The van der Waals surface area contributed by atoms with E-state index in [4.69, 9.17) is 9.47 Å². The third-order valence-electron chi connectivity index (χ3n) is 4.35. The fraction of sp³-hybridized carbons (Fsp3) is 0.278. The number of imidazole rings is 1. The van der Waals surface area contributed by atoms with Gasteiger partial charge in [-0.15, -0.1) is 0 Å². The summed E-state index contributed by atoms with van der Waals surface area (Å²) < 4.78 is 12.6. The highest BCUT2D eigenvalue weighted by Gasteiger charge is 2.23. The van der Waals surface area contributed by atoms with Crippen molar-refractivity contribution in [2.45, 2.75) is 19.5 Å². The van der Waals surface area contributed by atoms with Crippen LogP contribution in [0.15, 0.2) is 43.2 Å². The molecule has 0 saturated heterocycles. The summed E-state index contributed by atoms with van der Waals surface area (Å²) in [7, 11) is 0. The number of nitrogens with one attached hydrogen (secondary N) is 2. The maximum Gasteiger partial charge on any atom is 0.353 e. The Morgan fingerprint density at radius 2 is 2.00 bits per heavy atom. The van der Waals surface area contributed by atoms with E-state index in [9.17, 15) is 10.1 Å². The van der Waals surface area contributed by atoms with Gasteiger partial charge in [0.1, 0.15) is 6.33 Å². The molecule has 11 nitrogen and oxygen atoms in total. The molecule has 2 aromatic heterocycles. The average molecular weight is 397 g/mol. The Labute approximate surface area is 165 Å². The van der Waals surface area contributed by atoms with E-state index < -0.39 is 4.92 Å². The largest absolute Gasteiger partial charge is 0.454 e. The van der Waals surface area contributed by atoms with Gasteiger partial charge in [0, 0.05) is 32.0 Å². The van der Waals surface area contributed by atoms with Crippen LogP contribution in [0.4, 0.5) is 17.3 Å². The van der Waals surface area contributed by atoms with E-state index >= 15 is 0 Å². The second-order valence-corrected chi connectivity index (χ2v) is 6.30. The Morgan fingerprint density at radius 1 is 1.17 bits per heavy atom. The molecule has 2 N–H and O–H groups in total. The molecule has 1 aliphatic heterocycles. The van der Waals surface area contributed by atoms with Crippen molar-refractivity contribution in [3.63, 3.8) is 0 Å². The molecule has 0 bridgehead atoms. The number of nitrogens with zero attached hydrogens (tertiary/aromatic N) is 5. The van der Waals surface area contributed by atoms with Crippen molar-refractivity contribution in [3.8, 4) is 11.5 Å². The van der Waals surface area contributed by atoms with Crippen LogP contribution in [0.5, 0.6) is 11.5 Å². The molecule has 0 amide bonds. The summed E-state index contributed by atoms with van der Waals surface area (Å²) in [5.74, 6) is 1.68. The zero-order valence-corrected chi connectivity index (χ0v) is 15.4. The molecule has 150 valence electrons. The fourth-order valence-corrected chi connectivity index (χ4v) is 2.93. The highest BCUT2D eigenvalue weighted by molar-refractivity contribution is 5.69. The molecular weight excluding hydrogens is 378 g/mol. The first-order valence-electron chi connectivity index (χ1n) is 9.02. The summed E-state index contributed by atoms with van der Waals surface area (Å²) in [6.07, 6.45) is 7.36. The van der Waals surface area contributed by atoms with Crippen molar-refractivity contribution in [2.24, 2.45) is 0 Å².